The lowest BCUT2D eigenvalue weighted by Crippen LogP contribution is -2.84. The van der Waals surface area contributed by atoms with Crippen LogP contribution < -0.4 is 5.32 Å². The zero-order chi connectivity index (χ0) is 66.4. The molecular formula is C87H102N2O11. The number of aliphatic hydroxyl groups excluding tert-OH is 3. The Hall–Kier alpha value is -4.81. The van der Waals surface area contributed by atoms with Crippen molar-refractivity contribution in [2.45, 2.75) is 221 Å². The Kier molecular flexibility index (Phi) is 11.9. The molecule has 5 saturated heterocycles. The molecular weight excluding hydrogens is 1250 g/mol. The fourth-order valence-electron chi connectivity index (χ4n) is 34.7. The maximum absolute atomic E-state index is 18.8. The summed E-state index contributed by atoms with van der Waals surface area (Å²) in [5, 5.41) is 43.1. The van der Waals surface area contributed by atoms with Gasteiger partial charge in [0.25, 0.3) is 0 Å². The van der Waals surface area contributed by atoms with Gasteiger partial charge < -0.3 is 43.6 Å². The first-order valence-corrected chi connectivity index (χ1v) is 40.9. The van der Waals surface area contributed by atoms with Crippen molar-refractivity contribution in [2.24, 2.45) is 145 Å². The van der Waals surface area contributed by atoms with E-state index in [2.05, 4.69) is 95.9 Å². The molecule has 24 rings (SSSR count). The zero-order valence-electron chi connectivity index (χ0n) is 58.5. The molecule has 8 heterocycles. The van der Waals surface area contributed by atoms with Gasteiger partial charge in [-0.05, 0) is 256 Å². The van der Waals surface area contributed by atoms with Crippen molar-refractivity contribution in [3.05, 3.63) is 107 Å². The maximum Gasteiger partial charge on any atom is 0.339 e. The van der Waals surface area contributed by atoms with E-state index >= 15 is 19.5 Å². The second kappa shape index (κ2) is 19.6. The topological polar surface area (TPSA) is 181 Å². The van der Waals surface area contributed by atoms with Gasteiger partial charge in [-0.3, -0.25) is 14.9 Å². The van der Waals surface area contributed by atoms with Crippen LogP contribution in [0, 0.1) is 157 Å². The Bertz CT molecular complexity index is 4150. The number of cyclic esters (lactones) is 1. The molecule has 32 atom stereocenters. The third kappa shape index (κ3) is 6.50. The number of benzene rings is 1. The largest absolute Gasteiger partial charge is 0.469 e. The molecule has 100 heavy (non-hydrogen) atoms. The van der Waals surface area contributed by atoms with E-state index in [1.54, 1.807) is 0 Å². The van der Waals surface area contributed by atoms with E-state index in [0.717, 1.165) is 121 Å². The lowest BCUT2D eigenvalue weighted by Gasteiger charge is -2.74. The molecule has 13 nitrogen and oxygen atoms in total. The molecule has 11 saturated carbocycles. The molecule has 526 valence electrons. The van der Waals surface area contributed by atoms with Crippen LogP contribution in [0.2, 0.25) is 0 Å². The molecule has 4 N–H and O–H groups in total. The van der Waals surface area contributed by atoms with Crippen LogP contribution in [0.25, 0.3) is 0 Å². The SMILES string of the molecule is CC12CC3CC45CC6(CCCC6)CC4CC4=CC6C78CCC9CCCC9C7CC=C7C=CC(CC78)C67OC46C5C(=O)OCC64C7C(=O)C(O)C5(C6CC(Cc7ccccc7)CCC6C#CC6CCc7coc(CC(C(O)CO)C8CCC9C(C=CN%10CNCC9%10)C8)c7C61OC(=O)C1OC152)C34. The average molecular weight is 1350 g/mol. The van der Waals surface area contributed by atoms with Gasteiger partial charge in [-0.15, -0.1) is 0 Å². The molecule has 0 radical (unpaired) electrons. The third-order valence-electron chi connectivity index (χ3n) is 36.9. The summed E-state index contributed by atoms with van der Waals surface area (Å²) in [6.45, 7) is 3.90. The minimum Gasteiger partial charge on any atom is -0.469 e. The number of ether oxygens (including phenoxy) is 4. The predicted molar refractivity (Wildman–Crippen MR) is 367 cm³/mol. The Labute approximate surface area is 588 Å². The number of hydrogen-bond donors (Lipinski definition) is 4. The number of nitrogens with one attached hydrogen (secondary N) is 1. The van der Waals surface area contributed by atoms with E-state index in [1.807, 2.05) is 6.26 Å². The van der Waals surface area contributed by atoms with E-state index < -0.39 is 97.9 Å². The van der Waals surface area contributed by atoms with Gasteiger partial charge in [0, 0.05) is 53.2 Å². The summed E-state index contributed by atoms with van der Waals surface area (Å²) >= 11 is 0. The number of rotatable bonds is 7. The monoisotopic (exact) mass is 1350 g/mol. The maximum atomic E-state index is 18.8. The second-order valence-electron chi connectivity index (χ2n) is 39.1. The molecule has 0 amide bonds. The number of aliphatic hydroxyl groups is 3. The highest BCUT2D eigenvalue weighted by Crippen LogP contribution is 2.94. The number of carbonyl (C=O) groups is 3. The highest BCUT2D eigenvalue weighted by molar-refractivity contribution is 5.95. The number of allylic oxidation sites excluding steroid dienone is 4. The van der Waals surface area contributed by atoms with Crippen LogP contribution in [-0.4, -0.2) is 106 Å². The van der Waals surface area contributed by atoms with Crippen molar-refractivity contribution in [3.8, 4) is 11.8 Å². The number of ketones is 1. The number of carbonyl (C=O) groups excluding carboxylic acids is 3. The molecule has 32 unspecified atom stereocenters. The van der Waals surface area contributed by atoms with E-state index in [-0.39, 0.29) is 83.1 Å². The van der Waals surface area contributed by atoms with Crippen LogP contribution in [0.3, 0.4) is 0 Å². The van der Waals surface area contributed by atoms with Crippen LogP contribution >= 0.6 is 0 Å². The molecule has 16 fully saturated rings. The zero-order valence-corrected chi connectivity index (χ0v) is 58.5. The quantitative estimate of drug-likeness (QED) is 0.0891. The Morgan fingerprint density at radius 3 is 2.63 bits per heavy atom. The van der Waals surface area contributed by atoms with Crippen molar-refractivity contribution in [3.63, 3.8) is 0 Å². The van der Waals surface area contributed by atoms with Crippen molar-refractivity contribution in [2.75, 3.05) is 26.4 Å². The summed E-state index contributed by atoms with van der Waals surface area (Å²) in [5.41, 5.74) is -3.64. The van der Waals surface area contributed by atoms with Gasteiger partial charge in [-0.2, -0.15) is 0 Å². The van der Waals surface area contributed by atoms with Gasteiger partial charge in [-0.1, -0.05) is 105 Å². The average Bonchev–Trinajstić information content (AvgIpc) is 1.42. The number of nitrogens with zero attached hydrogens (tertiary/aromatic N) is 1. The molecule has 9 spiro atoms. The fraction of sp³-hybridized carbons (Fsp3) is 0.736. The Morgan fingerprint density at radius 1 is 0.860 bits per heavy atom. The van der Waals surface area contributed by atoms with Crippen LogP contribution in [0.15, 0.2) is 88.7 Å². The van der Waals surface area contributed by atoms with Gasteiger partial charge in [0.05, 0.1) is 54.4 Å². The number of aryl methyl sites for hydroxylation is 1. The van der Waals surface area contributed by atoms with Crippen molar-refractivity contribution >= 4 is 17.7 Å². The molecule has 1 aromatic carbocycles. The number of epoxide rings is 1. The second-order valence-corrected chi connectivity index (χ2v) is 39.1. The molecule has 2 aromatic rings. The summed E-state index contributed by atoms with van der Waals surface area (Å²) < 4.78 is 39.8. The van der Waals surface area contributed by atoms with E-state index in [4.69, 9.17) is 18.6 Å². The van der Waals surface area contributed by atoms with E-state index in [0.29, 0.717) is 79.4 Å². The molecule has 13 heteroatoms. The normalized spacial score (nSPS) is 54.6. The number of fused-ring (bicyclic) bond motifs is 8. The van der Waals surface area contributed by atoms with E-state index in [1.165, 1.54) is 55.2 Å². The lowest BCUT2D eigenvalue weighted by molar-refractivity contribution is -0.320. The van der Waals surface area contributed by atoms with Gasteiger partial charge in [-0.25, -0.2) is 4.79 Å². The standard InChI is InChI=1S/C87H102N2O11/c1-78-37-54-38-80-43-79(26-5-6-27-79)39-58(80)33-57-35-68-81-28-24-48-10-7-11-59(48)62(81)23-18-49-15-21-56(34-63(49)81)84(68)72-70(92)74(93)83(71(54)82(72)44-97-76(94)73(80)86(57,82)100-84)64-31-47(30-46-8-3-2-4-9-46)12-13-50(64)14-19-55-20-16-53-42-96-67(69(53)85(55,78)99-77(95)75-87(78,83)98-75)36-61(66(91)41-90)51-17-22-60-52(32-51)25-29-89-45-88-40-65(60)89/h2-4,8-9,15,18,21,25,29,35,42,47-48,50-52,54-56,58-66,68,71-75,88,90-91,93H,5-7,10-13,16-17,20,22-24,26-28,30-34,36-41,43-45H2,1H3. The fourth-order valence-corrected chi connectivity index (χ4v) is 34.7. The van der Waals surface area contributed by atoms with Crippen LogP contribution in [0.1, 0.15) is 177 Å². The molecule has 1 aromatic heterocycles. The molecule has 15 aliphatic carbocycles. The van der Waals surface area contributed by atoms with Crippen molar-refractivity contribution < 1.29 is 53.1 Å². The van der Waals surface area contributed by atoms with Crippen LogP contribution in [0.4, 0.5) is 0 Å². The summed E-state index contributed by atoms with van der Waals surface area (Å²) in [4.78, 5) is 54.8. The van der Waals surface area contributed by atoms with Crippen LogP contribution in [-0.2, 0) is 58.2 Å². The predicted octanol–water partition coefficient (Wildman–Crippen LogP) is 11.9. The third-order valence-corrected chi connectivity index (χ3v) is 36.9. The Balaban J connectivity index is 0.759. The van der Waals surface area contributed by atoms with Crippen molar-refractivity contribution in [1.82, 2.24) is 10.2 Å². The highest BCUT2D eigenvalue weighted by Gasteiger charge is 3.02. The minimum absolute atomic E-state index is 0.0450. The number of hydrogen-bond acceptors (Lipinski definition) is 13. The van der Waals surface area contributed by atoms with Crippen molar-refractivity contribution in [1.29, 1.82) is 0 Å². The summed E-state index contributed by atoms with van der Waals surface area (Å²) in [6, 6.07) is 11.4. The highest BCUT2D eigenvalue weighted by atomic mass is 16.7. The Morgan fingerprint density at radius 2 is 1.75 bits per heavy atom. The van der Waals surface area contributed by atoms with Crippen LogP contribution in [0.5, 0.6) is 0 Å². The lowest BCUT2D eigenvalue weighted by atomic mass is 9.27. The smallest absolute Gasteiger partial charge is 0.339 e. The minimum atomic E-state index is -1.58. The summed E-state index contributed by atoms with van der Waals surface area (Å²) in [5.74, 6) is 7.83. The summed E-state index contributed by atoms with van der Waals surface area (Å²) in [6.07, 6.45) is 38.0. The van der Waals surface area contributed by atoms with Gasteiger partial charge in [0.1, 0.15) is 29.7 Å². The molecule has 7 aliphatic heterocycles. The first-order valence-electron chi connectivity index (χ1n) is 40.9. The van der Waals surface area contributed by atoms with E-state index in [9.17, 15) is 14.9 Å². The number of furan rings is 1. The molecule has 11 bridgehead atoms. The van der Waals surface area contributed by atoms with Gasteiger partial charge in [0.15, 0.2) is 17.5 Å². The van der Waals surface area contributed by atoms with Gasteiger partial charge in [0.2, 0.25) is 0 Å². The summed E-state index contributed by atoms with van der Waals surface area (Å²) in [7, 11) is 0. The number of esters is 2. The van der Waals surface area contributed by atoms with Gasteiger partial charge >= 0.3 is 11.9 Å². The number of Topliss-reactive ketones (excluding diaryl/α,β-unsaturated/α-hetero) is 1. The first kappa shape index (κ1) is 60.5. The first-order chi connectivity index (χ1) is 48.7. The molecule has 22 aliphatic rings.